The largest absolute Gasteiger partial charge is 0.383 e. The van der Waals surface area contributed by atoms with Gasteiger partial charge in [0, 0.05) is 48.4 Å². The predicted octanol–water partition coefficient (Wildman–Crippen LogP) is 3.79. The maximum atomic E-state index is 11.8. The molecule has 0 saturated carbocycles. The van der Waals surface area contributed by atoms with Gasteiger partial charge in [0.05, 0.1) is 0 Å². The van der Waals surface area contributed by atoms with Crippen molar-refractivity contribution in [2.45, 2.75) is 11.3 Å². The van der Waals surface area contributed by atoms with Crippen molar-refractivity contribution < 1.29 is 22.3 Å². The summed E-state index contributed by atoms with van der Waals surface area (Å²) in [6.07, 6.45) is -2.15. The zero-order chi connectivity index (χ0) is 20.8. The fourth-order valence-electron chi connectivity index (χ4n) is 2.52. The molecule has 10 heteroatoms. The Labute approximate surface area is 168 Å². The molecule has 1 unspecified atom stereocenters. The number of benzene rings is 2. The van der Waals surface area contributed by atoms with Crippen LogP contribution in [0.25, 0.3) is 10.8 Å². The van der Waals surface area contributed by atoms with Gasteiger partial charge in [-0.25, -0.2) is 0 Å². The molecular weight excluding hydrogens is 419 g/mol. The smallest absolute Gasteiger partial charge is 0.295 e. The van der Waals surface area contributed by atoms with E-state index >= 15 is 0 Å². The normalized spacial score (nSPS) is 13.6. The van der Waals surface area contributed by atoms with Crippen LogP contribution in [0.5, 0.6) is 0 Å². The van der Waals surface area contributed by atoms with Gasteiger partial charge in [0.1, 0.15) is 4.90 Å². The number of carbonyl (C=O) groups excluding carboxylic acids is 1. The number of anilines is 1. The quantitative estimate of drug-likeness (QED) is 0.291. The fourth-order valence-corrected chi connectivity index (χ4v) is 5.65. The van der Waals surface area contributed by atoms with Gasteiger partial charge in [-0.15, -0.1) is 0 Å². The molecule has 0 fully saturated rings. The molecule has 2 aromatic carbocycles. The summed E-state index contributed by atoms with van der Waals surface area (Å²) < 4.78 is 44.2. The van der Waals surface area contributed by atoms with E-state index < -0.39 is 16.5 Å². The zero-order valence-electron chi connectivity index (χ0n) is 15.4. The van der Waals surface area contributed by atoms with Gasteiger partial charge in [-0.05, 0) is 17.9 Å². The molecule has 0 spiro atoms. The molecule has 0 aromatic heterocycles. The van der Waals surface area contributed by atoms with E-state index in [9.17, 15) is 22.3 Å². The molecule has 0 heterocycles. The standard InChI is InChI=1S/C18H23N2O5PS2/c1-3-26(2,22)27-13-10-18(21)20-12-11-19-16-8-4-7-15-14(16)6-5-9-17(15)28(23,24)25/h3-9,19H,1,10-13H2,2H3,(H,20,21)(H,23,24,25). The van der Waals surface area contributed by atoms with Crippen LogP contribution in [-0.2, 0) is 19.5 Å². The van der Waals surface area contributed by atoms with Crippen LogP contribution in [0.3, 0.4) is 0 Å². The lowest BCUT2D eigenvalue weighted by molar-refractivity contribution is -0.120. The number of rotatable bonds is 10. The summed E-state index contributed by atoms with van der Waals surface area (Å²) >= 11 is 1.24. The Kier molecular flexibility index (Phi) is 7.71. The third-order valence-electron chi connectivity index (χ3n) is 3.93. The Morgan fingerprint density at radius 1 is 1.21 bits per heavy atom. The second kappa shape index (κ2) is 9.60. The second-order valence-corrected chi connectivity index (χ2v) is 13.3. The van der Waals surface area contributed by atoms with Crippen molar-refractivity contribution in [1.82, 2.24) is 5.32 Å². The Hall–Kier alpha value is -1.80. The minimum absolute atomic E-state index is 0.134. The van der Waals surface area contributed by atoms with Crippen LogP contribution in [0.2, 0.25) is 0 Å². The topological polar surface area (TPSA) is 113 Å². The summed E-state index contributed by atoms with van der Waals surface area (Å²) in [5, 5.41) is 7.01. The Balaban J connectivity index is 1.90. The van der Waals surface area contributed by atoms with Crippen molar-refractivity contribution in [2.24, 2.45) is 0 Å². The molecule has 0 bridgehead atoms. The van der Waals surface area contributed by atoms with Gasteiger partial charge in [-0.2, -0.15) is 8.42 Å². The van der Waals surface area contributed by atoms with Gasteiger partial charge in [0.15, 0.2) is 6.34 Å². The third kappa shape index (κ3) is 6.38. The Morgan fingerprint density at radius 3 is 2.57 bits per heavy atom. The summed E-state index contributed by atoms with van der Waals surface area (Å²) in [6, 6.07) is 9.77. The number of nitrogens with one attached hydrogen (secondary N) is 2. The van der Waals surface area contributed by atoms with E-state index in [1.165, 1.54) is 23.3 Å². The lowest BCUT2D eigenvalue weighted by atomic mass is 10.1. The lowest BCUT2D eigenvalue weighted by Gasteiger charge is -2.12. The Morgan fingerprint density at radius 2 is 1.89 bits per heavy atom. The van der Waals surface area contributed by atoms with Crippen LogP contribution in [0.4, 0.5) is 5.69 Å². The van der Waals surface area contributed by atoms with Crippen molar-refractivity contribution in [1.29, 1.82) is 0 Å². The molecule has 0 aliphatic carbocycles. The fraction of sp³-hybridized carbons (Fsp3) is 0.278. The third-order valence-corrected chi connectivity index (χ3v) is 8.94. The van der Waals surface area contributed by atoms with Gasteiger partial charge >= 0.3 is 0 Å². The molecule has 2 aromatic rings. The van der Waals surface area contributed by atoms with Crippen LogP contribution in [0.15, 0.2) is 53.7 Å². The van der Waals surface area contributed by atoms with Gasteiger partial charge in [0.2, 0.25) is 5.91 Å². The van der Waals surface area contributed by atoms with E-state index in [4.69, 9.17) is 0 Å². The summed E-state index contributed by atoms with van der Waals surface area (Å²) in [5.74, 6) is 1.75. The molecular formula is C18H23N2O5PS2. The first kappa shape index (κ1) is 22.5. The minimum atomic E-state index is -4.32. The number of carbonyl (C=O) groups is 1. The van der Waals surface area contributed by atoms with Gasteiger partial charge in [0.25, 0.3) is 10.1 Å². The maximum absolute atomic E-state index is 11.8. The molecule has 0 aliphatic rings. The van der Waals surface area contributed by atoms with Crippen LogP contribution in [0, 0.1) is 0 Å². The molecule has 3 N–H and O–H groups in total. The van der Waals surface area contributed by atoms with E-state index in [1.807, 2.05) is 0 Å². The summed E-state index contributed by atoms with van der Waals surface area (Å²) in [7, 11) is -4.32. The van der Waals surface area contributed by atoms with Crippen molar-refractivity contribution in [3.63, 3.8) is 0 Å². The van der Waals surface area contributed by atoms with E-state index in [0.29, 0.717) is 35.3 Å². The zero-order valence-corrected chi connectivity index (χ0v) is 17.9. The minimum Gasteiger partial charge on any atom is -0.383 e. The maximum Gasteiger partial charge on any atom is 0.295 e. The molecule has 0 radical (unpaired) electrons. The first-order valence-electron chi connectivity index (χ1n) is 8.49. The molecule has 7 nitrogen and oxygen atoms in total. The van der Waals surface area contributed by atoms with E-state index in [-0.39, 0.29) is 17.2 Å². The highest BCUT2D eigenvalue weighted by atomic mass is 32.7. The first-order chi connectivity index (χ1) is 13.1. The molecule has 1 atom stereocenters. The molecule has 0 saturated heterocycles. The first-order valence-corrected chi connectivity index (χ1v) is 13.7. The van der Waals surface area contributed by atoms with Gasteiger partial charge in [-0.1, -0.05) is 42.2 Å². The summed E-state index contributed by atoms with van der Waals surface area (Å²) in [5.41, 5.74) is 0.700. The van der Waals surface area contributed by atoms with Gasteiger partial charge in [-0.3, -0.25) is 9.35 Å². The van der Waals surface area contributed by atoms with Crippen molar-refractivity contribution in [3.05, 3.63) is 48.8 Å². The van der Waals surface area contributed by atoms with E-state index in [0.717, 1.165) is 0 Å². The Bertz CT molecular complexity index is 1020. The number of fused-ring (bicyclic) bond motifs is 1. The van der Waals surface area contributed by atoms with Crippen molar-refractivity contribution in [2.75, 3.05) is 30.8 Å². The molecule has 0 aliphatic heterocycles. The molecule has 2 rings (SSSR count). The number of hydrogen-bond donors (Lipinski definition) is 3. The van der Waals surface area contributed by atoms with E-state index in [2.05, 4.69) is 17.2 Å². The van der Waals surface area contributed by atoms with Crippen molar-refractivity contribution in [3.8, 4) is 0 Å². The van der Waals surface area contributed by atoms with Crippen LogP contribution in [-0.4, -0.2) is 44.4 Å². The van der Waals surface area contributed by atoms with E-state index in [1.54, 1.807) is 37.0 Å². The summed E-state index contributed by atoms with van der Waals surface area (Å²) in [6.45, 7) is 5.95. The van der Waals surface area contributed by atoms with Crippen LogP contribution in [0.1, 0.15) is 6.42 Å². The lowest BCUT2D eigenvalue weighted by Crippen LogP contribution is -2.28. The summed E-state index contributed by atoms with van der Waals surface area (Å²) in [4.78, 5) is 11.7. The number of amides is 1. The van der Waals surface area contributed by atoms with Gasteiger partial charge < -0.3 is 15.2 Å². The van der Waals surface area contributed by atoms with Crippen molar-refractivity contribution >= 4 is 50.2 Å². The number of hydrogen-bond acceptors (Lipinski definition) is 6. The average molecular weight is 442 g/mol. The average Bonchev–Trinajstić information content (AvgIpc) is 2.64. The predicted molar refractivity (Wildman–Crippen MR) is 116 cm³/mol. The molecule has 152 valence electrons. The SMILES string of the molecule is C=CP(C)(=O)SCCC(=O)NCCNc1cccc2c(S(=O)(=O)O)cccc12. The van der Waals surface area contributed by atoms with Crippen LogP contribution >= 0.6 is 17.7 Å². The monoisotopic (exact) mass is 442 g/mol. The highest BCUT2D eigenvalue weighted by Gasteiger charge is 2.15. The highest BCUT2D eigenvalue weighted by molar-refractivity contribution is 8.58. The molecule has 1 amide bonds. The highest BCUT2D eigenvalue weighted by Crippen LogP contribution is 2.56. The van der Waals surface area contributed by atoms with Crippen LogP contribution < -0.4 is 10.6 Å². The molecule has 28 heavy (non-hydrogen) atoms. The second-order valence-electron chi connectivity index (χ2n) is 6.08.